The van der Waals surface area contributed by atoms with Crippen LogP contribution in [0, 0.1) is 11.8 Å². The number of likely N-dealkylation sites (N-methyl/N-ethyl adjacent to an activating group) is 1. The third-order valence-electron chi connectivity index (χ3n) is 12.1. The molecule has 1 N–H and O–H groups in total. The van der Waals surface area contributed by atoms with E-state index in [2.05, 4.69) is 18.7 Å². The zero-order valence-electron chi connectivity index (χ0n) is 32.6. The Hall–Kier alpha value is -5.26. The van der Waals surface area contributed by atoms with Gasteiger partial charge >= 0.3 is 5.97 Å². The molecular weight excluding hydrogens is 709 g/mol. The number of cyclic esters (lactones) is 1. The minimum Gasteiger partial charge on any atom is -0.455 e. The van der Waals surface area contributed by atoms with Crippen molar-refractivity contribution in [2.24, 2.45) is 11.8 Å². The third kappa shape index (κ3) is 7.03. The average molecular weight is 761 g/mol. The summed E-state index contributed by atoms with van der Waals surface area (Å²) < 4.78 is 13.1. The molecule has 3 aromatic carbocycles. The molecular formula is C45H52N4O7. The number of carbonyl (C=O) groups excluding carboxylic acids is 4. The molecule has 0 aromatic heterocycles. The van der Waals surface area contributed by atoms with Gasteiger partial charge in [-0.05, 0) is 69.0 Å². The first kappa shape index (κ1) is 39.0. The van der Waals surface area contributed by atoms with Crippen LogP contribution in [-0.2, 0) is 35.1 Å². The predicted octanol–water partition coefficient (Wildman–Crippen LogP) is 5.10. The Morgan fingerprint density at radius 1 is 0.893 bits per heavy atom. The summed E-state index contributed by atoms with van der Waals surface area (Å²) in [5, 5.41) is 11.0. The fourth-order valence-electron chi connectivity index (χ4n) is 8.99. The van der Waals surface area contributed by atoms with Crippen LogP contribution in [0.4, 0.5) is 11.4 Å². The lowest BCUT2D eigenvalue weighted by Gasteiger charge is -2.39. The number of nitrogens with zero attached hydrogens (tertiary/aromatic N) is 4. The molecule has 56 heavy (non-hydrogen) atoms. The molecule has 294 valence electrons. The highest BCUT2D eigenvalue weighted by Crippen LogP contribution is 2.56. The van der Waals surface area contributed by atoms with Crippen LogP contribution in [0.25, 0.3) is 0 Å². The number of ether oxygens (including phenoxy) is 2. The van der Waals surface area contributed by atoms with Crippen molar-refractivity contribution in [1.82, 2.24) is 9.80 Å². The number of anilines is 2. The number of carbonyl (C=O) groups is 4. The smallest absolute Gasteiger partial charge is 0.313 e. The summed E-state index contributed by atoms with van der Waals surface area (Å²) >= 11 is 0. The lowest BCUT2D eigenvalue weighted by molar-refractivity contribution is -0.164. The summed E-state index contributed by atoms with van der Waals surface area (Å²) in [6, 6.07) is 24.0. The lowest BCUT2D eigenvalue weighted by Crippen LogP contribution is -2.59. The number of amides is 3. The monoisotopic (exact) mass is 760 g/mol. The topological polar surface area (TPSA) is 120 Å². The SMILES string of the molecule is CCN(CC)c1ccc(N2C/C=C\CCC(=O)N(C)[C@H](C)[C@@H](c3ccccc3)OC(=O)[C@@H]3[C@@H]4C=C[C@]5(O4)[C@H](C2=O)N([C@@H](CO)Cc2ccccc2)C(=O)[C@@H]35)cc1. The molecule has 3 aromatic rings. The predicted molar refractivity (Wildman–Crippen MR) is 214 cm³/mol. The number of esters is 1. The van der Waals surface area contributed by atoms with E-state index in [4.69, 9.17) is 9.47 Å². The molecule has 2 fully saturated rings. The van der Waals surface area contributed by atoms with Gasteiger partial charge in [0.05, 0.1) is 30.7 Å². The van der Waals surface area contributed by atoms with Crippen LogP contribution >= 0.6 is 0 Å². The molecule has 3 amide bonds. The zero-order valence-corrected chi connectivity index (χ0v) is 32.6. The maximum Gasteiger partial charge on any atom is 0.313 e. The van der Waals surface area contributed by atoms with E-state index in [1.54, 1.807) is 29.0 Å². The number of hydrogen-bond donors (Lipinski definition) is 1. The van der Waals surface area contributed by atoms with E-state index in [0.717, 1.165) is 24.3 Å². The van der Waals surface area contributed by atoms with Crippen LogP contribution in [0.1, 0.15) is 50.8 Å². The number of likely N-dealkylation sites (tertiary alicyclic amines) is 1. The molecule has 0 saturated carbocycles. The van der Waals surface area contributed by atoms with Gasteiger partial charge in [0, 0.05) is 44.5 Å². The Bertz CT molecular complexity index is 1950. The van der Waals surface area contributed by atoms with Gasteiger partial charge in [0.25, 0.3) is 5.91 Å². The summed E-state index contributed by atoms with van der Waals surface area (Å²) in [7, 11) is 1.71. The van der Waals surface area contributed by atoms with Crippen molar-refractivity contribution in [3.8, 4) is 0 Å². The van der Waals surface area contributed by atoms with Gasteiger partial charge in [-0.1, -0.05) is 85.0 Å². The van der Waals surface area contributed by atoms with E-state index in [-0.39, 0.29) is 25.3 Å². The normalized spacial score (nSPS) is 29.1. The lowest BCUT2D eigenvalue weighted by atomic mass is 9.74. The largest absolute Gasteiger partial charge is 0.455 e. The summed E-state index contributed by atoms with van der Waals surface area (Å²) in [6.45, 7) is 7.41. The first-order valence-electron chi connectivity index (χ1n) is 19.8. The van der Waals surface area contributed by atoms with Crippen molar-refractivity contribution in [2.45, 2.75) is 76.0 Å². The van der Waals surface area contributed by atoms with Crippen molar-refractivity contribution < 1.29 is 33.8 Å². The van der Waals surface area contributed by atoms with Crippen molar-refractivity contribution in [3.05, 3.63) is 120 Å². The molecule has 11 heteroatoms. The summed E-state index contributed by atoms with van der Waals surface area (Å²) in [5.41, 5.74) is 1.73. The number of allylic oxidation sites excluding steroid dienone is 1. The van der Waals surface area contributed by atoms with Gasteiger partial charge in [-0.15, -0.1) is 0 Å². The van der Waals surface area contributed by atoms with Crippen molar-refractivity contribution in [1.29, 1.82) is 0 Å². The summed E-state index contributed by atoms with van der Waals surface area (Å²) in [5.74, 6) is -3.77. The first-order chi connectivity index (χ1) is 27.1. The molecule has 11 nitrogen and oxygen atoms in total. The van der Waals surface area contributed by atoms with Gasteiger partial charge in [-0.3, -0.25) is 19.2 Å². The minimum atomic E-state index is -1.50. The van der Waals surface area contributed by atoms with Crippen molar-refractivity contribution in [3.63, 3.8) is 0 Å². The van der Waals surface area contributed by atoms with Gasteiger partial charge < -0.3 is 34.2 Å². The molecule has 0 aliphatic carbocycles. The number of aliphatic hydroxyl groups is 1. The van der Waals surface area contributed by atoms with Gasteiger partial charge in [-0.25, -0.2) is 0 Å². The number of benzene rings is 3. The number of aliphatic hydroxyl groups excluding tert-OH is 1. The third-order valence-corrected chi connectivity index (χ3v) is 12.1. The van der Waals surface area contributed by atoms with Crippen LogP contribution in [0.15, 0.2) is 109 Å². The van der Waals surface area contributed by atoms with Crippen molar-refractivity contribution in [2.75, 3.05) is 43.1 Å². The molecule has 4 aliphatic heterocycles. The van der Waals surface area contributed by atoms with E-state index >= 15 is 9.59 Å². The molecule has 0 radical (unpaired) electrons. The maximum absolute atomic E-state index is 15.5. The van der Waals surface area contributed by atoms with E-state index in [9.17, 15) is 14.7 Å². The Morgan fingerprint density at radius 2 is 1.57 bits per heavy atom. The van der Waals surface area contributed by atoms with Crippen molar-refractivity contribution >= 4 is 35.1 Å². The average Bonchev–Trinajstić information content (AvgIpc) is 3.88. The fraction of sp³-hybridized carbons (Fsp3) is 0.422. The minimum absolute atomic E-state index is 0.119. The Morgan fingerprint density at radius 3 is 2.23 bits per heavy atom. The van der Waals surface area contributed by atoms with Gasteiger partial charge in [0.2, 0.25) is 11.8 Å². The van der Waals surface area contributed by atoms with Crippen LogP contribution in [-0.4, -0.2) is 102 Å². The number of hydrogen-bond acceptors (Lipinski definition) is 8. The quantitative estimate of drug-likeness (QED) is 0.237. The van der Waals surface area contributed by atoms with Crippen LogP contribution < -0.4 is 9.80 Å². The second-order valence-corrected chi connectivity index (χ2v) is 15.1. The highest BCUT2D eigenvalue weighted by Gasteiger charge is 2.74. The molecule has 4 heterocycles. The summed E-state index contributed by atoms with van der Waals surface area (Å²) in [4.78, 5) is 65.6. The molecule has 2 saturated heterocycles. The first-order valence-corrected chi connectivity index (χ1v) is 19.8. The van der Waals surface area contributed by atoms with Crippen LogP contribution in [0.5, 0.6) is 0 Å². The van der Waals surface area contributed by atoms with Crippen LogP contribution in [0.2, 0.25) is 0 Å². The molecule has 4 aliphatic rings. The highest BCUT2D eigenvalue weighted by molar-refractivity contribution is 6.05. The van der Waals surface area contributed by atoms with E-state index < -0.39 is 72.2 Å². The second-order valence-electron chi connectivity index (χ2n) is 15.1. The van der Waals surface area contributed by atoms with Gasteiger partial charge in [0.15, 0.2) is 0 Å². The Balaban J connectivity index is 1.35. The Kier molecular flexibility index (Phi) is 11.5. The second kappa shape index (κ2) is 16.5. The van der Waals surface area contributed by atoms with Gasteiger partial charge in [0.1, 0.15) is 23.7 Å². The number of fused-ring (bicyclic) bond motifs is 2. The standard InChI is InChI=1S/C45H52N4O7/c1-5-47(6-2)33-21-23-34(24-22-33)48-27-15-9-14-20-37(51)46(4)30(3)40(32-18-12-8-13-19-32)55-44(54)38-36-25-26-45(56-36)39(38)42(52)49(41(45)43(48)53)35(29-50)28-31-16-10-7-11-17-31/h7-13,15-19,21-26,30,35-36,38-41,50H,5-6,14,20,27-29H2,1-4H3/b15-9-/t30-,35-,36+,38-,39-,40+,41+,45-/m1/s1. The molecule has 1 spiro atoms. The molecule has 8 atom stereocenters. The highest BCUT2D eigenvalue weighted by atomic mass is 16.6. The van der Waals surface area contributed by atoms with E-state index in [0.29, 0.717) is 17.7 Å². The van der Waals surface area contributed by atoms with E-state index in [1.165, 1.54) is 4.90 Å². The molecule has 5 bridgehead atoms. The van der Waals surface area contributed by atoms with Crippen LogP contribution in [0.3, 0.4) is 0 Å². The Labute approximate surface area is 329 Å². The molecule has 0 unspecified atom stereocenters. The maximum atomic E-state index is 15.5. The summed E-state index contributed by atoms with van der Waals surface area (Å²) in [6.07, 6.45) is 6.57. The fourth-order valence-corrected chi connectivity index (χ4v) is 8.99. The molecule has 7 rings (SSSR count). The van der Waals surface area contributed by atoms with E-state index in [1.807, 2.05) is 104 Å². The number of rotatable bonds is 9. The zero-order chi connectivity index (χ0) is 39.6. The van der Waals surface area contributed by atoms with Gasteiger partial charge in [-0.2, -0.15) is 0 Å².